The highest BCUT2D eigenvalue weighted by Gasteiger charge is 2.35. The van der Waals surface area contributed by atoms with Crippen LogP contribution in [0.2, 0.25) is 0 Å². The Kier molecular flexibility index (Phi) is 4.87. The first-order chi connectivity index (χ1) is 9.82. The SMILES string of the molecule is S=P(c1ccccc1)(N1CCOCC1)N1CCOCC1. The second-order valence-electron chi connectivity index (χ2n) is 5.01. The molecule has 0 saturated carbocycles. The summed E-state index contributed by atoms with van der Waals surface area (Å²) in [4.78, 5) is 0. The van der Waals surface area contributed by atoms with Crippen molar-refractivity contribution in [2.24, 2.45) is 0 Å². The van der Waals surface area contributed by atoms with Crippen molar-refractivity contribution < 1.29 is 9.47 Å². The maximum Gasteiger partial charge on any atom is 0.107 e. The molecule has 0 bridgehead atoms. The van der Waals surface area contributed by atoms with E-state index in [1.54, 1.807) is 0 Å². The maximum atomic E-state index is 6.26. The van der Waals surface area contributed by atoms with E-state index in [0.29, 0.717) is 0 Å². The molecular formula is C14H21N2O2PS. The van der Waals surface area contributed by atoms with Crippen molar-refractivity contribution in [2.75, 3.05) is 52.6 Å². The molecule has 0 amide bonds. The molecule has 110 valence electrons. The van der Waals surface area contributed by atoms with Gasteiger partial charge in [0.1, 0.15) is 6.34 Å². The number of ether oxygens (including phenoxy) is 2. The summed E-state index contributed by atoms with van der Waals surface area (Å²) in [5.74, 6) is 0. The third-order valence-electron chi connectivity index (χ3n) is 3.83. The van der Waals surface area contributed by atoms with Crippen LogP contribution in [0, 0.1) is 0 Å². The van der Waals surface area contributed by atoms with Gasteiger partial charge in [-0.25, -0.2) is 0 Å². The van der Waals surface area contributed by atoms with E-state index in [9.17, 15) is 0 Å². The molecule has 4 nitrogen and oxygen atoms in total. The summed E-state index contributed by atoms with van der Waals surface area (Å²) in [6.07, 6.45) is -1.88. The quantitative estimate of drug-likeness (QED) is 0.783. The van der Waals surface area contributed by atoms with E-state index in [1.165, 1.54) is 5.30 Å². The van der Waals surface area contributed by atoms with E-state index in [1.807, 2.05) is 0 Å². The van der Waals surface area contributed by atoms with Gasteiger partial charge in [-0.3, -0.25) is 9.34 Å². The summed E-state index contributed by atoms with van der Waals surface area (Å²) in [7, 11) is 0. The molecule has 2 aliphatic rings. The van der Waals surface area contributed by atoms with Gasteiger partial charge < -0.3 is 9.47 Å². The Labute approximate surface area is 125 Å². The zero-order valence-electron chi connectivity index (χ0n) is 11.6. The fourth-order valence-corrected chi connectivity index (χ4v) is 7.10. The predicted molar refractivity (Wildman–Crippen MR) is 85.1 cm³/mol. The monoisotopic (exact) mass is 312 g/mol. The van der Waals surface area contributed by atoms with Gasteiger partial charge in [-0.1, -0.05) is 42.1 Å². The minimum absolute atomic E-state index is 0.787. The Hall–Kier alpha value is -0.290. The number of benzene rings is 1. The van der Waals surface area contributed by atoms with Gasteiger partial charge in [0.05, 0.1) is 26.4 Å². The summed E-state index contributed by atoms with van der Waals surface area (Å²) in [6, 6.07) is 10.6. The highest BCUT2D eigenvalue weighted by atomic mass is 32.4. The van der Waals surface area contributed by atoms with Crippen molar-refractivity contribution in [1.29, 1.82) is 0 Å². The largest absolute Gasteiger partial charge is 0.379 e. The molecule has 3 rings (SSSR count). The first kappa shape index (κ1) is 14.6. The molecular weight excluding hydrogens is 291 g/mol. The number of rotatable bonds is 3. The molecule has 0 N–H and O–H groups in total. The van der Waals surface area contributed by atoms with Crippen molar-refractivity contribution in [3.63, 3.8) is 0 Å². The molecule has 0 atom stereocenters. The fraction of sp³-hybridized carbons (Fsp3) is 0.571. The first-order valence-corrected chi connectivity index (χ1v) is 9.84. The van der Waals surface area contributed by atoms with Crippen LogP contribution >= 0.6 is 6.34 Å². The van der Waals surface area contributed by atoms with E-state index < -0.39 is 6.34 Å². The van der Waals surface area contributed by atoms with Crippen molar-refractivity contribution in [1.82, 2.24) is 9.34 Å². The topological polar surface area (TPSA) is 24.9 Å². The minimum Gasteiger partial charge on any atom is -0.379 e. The molecule has 1 aromatic carbocycles. The summed E-state index contributed by atoms with van der Waals surface area (Å²) in [5, 5.41) is 1.29. The molecule has 2 fully saturated rings. The van der Waals surface area contributed by atoms with Crippen molar-refractivity contribution in [2.45, 2.75) is 0 Å². The second-order valence-corrected chi connectivity index (χ2v) is 9.27. The average Bonchev–Trinajstić information content (AvgIpc) is 2.56. The molecule has 1 aromatic rings. The van der Waals surface area contributed by atoms with E-state index in [2.05, 4.69) is 39.7 Å². The van der Waals surface area contributed by atoms with E-state index in [-0.39, 0.29) is 0 Å². The Morgan fingerprint density at radius 2 is 1.25 bits per heavy atom. The normalized spacial score (nSPS) is 22.8. The Morgan fingerprint density at radius 1 is 0.800 bits per heavy atom. The van der Waals surface area contributed by atoms with Crippen LogP contribution in [0.3, 0.4) is 0 Å². The van der Waals surface area contributed by atoms with Crippen LogP contribution in [-0.2, 0) is 21.3 Å². The molecule has 0 unspecified atom stereocenters. The van der Waals surface area contributed by atoms with E-state index >= 15 is 0 Å². The lowest BCUT2D eigenvalue weighted by Gasteiger charge is -2.45. The van der Waals surface area contributed by atoms with Crippen LogP contribution in [0.1, 0.15) is 0 Å². The molecule has 2 aliphatic heterocycles. The van der Waals surface area contributed by atoms with Crippen molar-refractivity contribution in [3.05, 3.63) is 30.3 Å². The first-order valence-electron chi connectivity index (χ1n) is 7.14. The van der Waals surface area contributed by atoms with E-state index in [0.717, 1.165) is 52.6 Å². The number of hydrogen-bond donors (Lipinski definition) is 0. The third-order valence-corrected chi connectivity index (χ3v) is 9.16. The van der Waals surface area contributed by atoms with Gasteiger partial charge in [-0.05, 0) is 0 Å². The molecule has 2 saturated heterocycles. The zero-order chi connectivity index (χ0) is 13.8. The van der Waals surface area contributed by atoms with Crippen LogP contribution in [0.15, 0.2) is 30.3 Å². The molecule has 0 spiro atoms. The van der Waals surface area contributed by atoms with Gasteiger partial charge >= 0.3 is 0 Å². The van der Waals surface area contributed by atoms with Crippen LogP contribution in [0.4, 0.5) is 0 Å². The van der Waals surface area contributed by atoms with Crippen LogP contribution < -0.4 is 5.30 Å². The smallest absolute Gasteiger partial charge is 0.107 e. The van der Waals surface area contributed by atoms with Gasteiger partial charge in [0.25, 0.3) is 0 Å². The number of hydrogen-bond acceptors (Lipinski definition) is 3. The van der Waals surface area contributed by atoms with E-state index in [4.69, 9.17) is 21.3 Å². The average molecular weight is 312 g/mol. The van der Waals surface area contributed by atoms with Crippen molar-refractivity contribution in [3.8, 4) is 0 Å². The lowest BCUT2D eigenvalue weighted by atomic mass is 10.4. The highest BCUT2D eigenvalue weighted by molar-refractivity contribution is 8.15. The molecule has 6 heteroatoms. The standard InChI is InChI=1S/C14H21N2O2PS/c20-19(14-4-2-1-3-5-14,15-6-10-17-11-7-15)16-8-12-18-13-9-16/h1-5H,6-13H2. The lowest BCUT2D eigenvalue weighted by molar-refractivity contribution is 0.0589. The Balaban J connectivity index is 1.95. The van der Waals surface area contributed by atoms with Gasteiger partial charge in [-0.15, -0.1) is 0 Å². The third kappa shape index (κ3) is 2.84. The number of nitrogens with zero attached hydrogens (tertiary/aromatic N) is 2. The summed E-state index contributed by atoms with van der Waals surface area (Å²) >= 11 is 6.26. The second kappa shape index (κ2) is 6.65. The minimum atomic E-state index is -1.88. The summed E-state index contributed by atoms with van der Waals surface area (Å²) in [6.45, 7) is 6.89. The van der Waals surface area contributed by atoms with Crippen molar-refractivity contribution >= 4 is 23.5 Å². The number of morpholine rings is 2. The molecule has 0 aliphatic carbocycles. The maximum absolute atomic E-state index is 6.26. The molecule has 2 heterocycles. The van der Waals surface area contributed by atoms with Crippen LogP contribution in [0.25, 0.3) is 0 Å². The highest BCUT2D eigenvalue weighted by Crippen LogP contribution is 2.52. The fourth-order valence-electron chi connectivity index (χ4n) is 2.78. The Bertz CT molecular complexity index is 451. The molecule has 20 heavy (non-hydrogen) atoms. The summed E-state index contributed by atoms with van der Waals surface area (Å²) < 4.78 is 16.0. The molecule has 0 radical (unpaired) electrons. The Morgan fingerprint density at radius 3 is 1.70 bits per heavy atom. The predicted octanol–water partition coefficient (Wildman–Crippen LogP) is 1.29. The van der Waals surface area contributed by atoms with Gasteiger partial charge in [0.15, 0.2) is 0 Å². The van der Waals surface area contributed by atoms with Gasteiger partial charge in [0.2, 0.25) is 0 Å². The van der Waals surface area contributed by atoms with Gasteiger partial charge in [0, 0.05) is 31.5 Å². The molecule has 0 aromatic heterocycles. The van der Waals surface area contributed by atoms with Gasteiger partial charge in [-0.2, -0.15) is 0 Å². The van der Waals surface area contributed by atoms with Crippen LogP contribution in [-0.4, -0.2) is 61.9 Å². The lowest BCUT2D eigenvalue weighted by Crippen LogP contribution is -2.46. The zero-order valence-corrected chi connectivity index (χ0v) is 13.3. The summed E-state index contributed by atoms with van der Waals surface area (Å²) in [5.41, 5.74) is 0. The van der Waals surface area contributed by atoms with Crippen LogP contribution in [0.5, 0.6) is 0 Å².